The monoisotopic (exact) mass is 363 g/mol. The van der Waals surface area contributed by atoms with Gasteiger partial charge in [0, 0.05) is 0 Å². The van der Waals surface area contributed by atoms with Crippen molar-refractivity contribution in [2.75, 3.05) is 5.32 Å². The van der Waals surface area contributed by atoms with Crippen molar-refractivity contribution in [3.63, 3.8) is 0 Å². The highest BCUT2D eigenvalue weighted by Gasteiger charge is 2.20. The van der Waals surface area contributed by atoms with Crippen LogP contribution in [-0.4, -0.2) is 12.0 Å². The van der Waals surface area contributed by atoms with Gasteiger partial charge in [-0.1, -0.05) is 41.4 Å². The van der Waals surface area contributed by atoms with E-state index in [0.717, 1.165) is 25.0 Å². The highest BCUT2D eigenvalue weighted by Crippen LogP contribution is 2.31. The van der Waals surface area contributed by atoms with E-state index in [9.17, 15) is 4.79 Å². The maximum absolute atomic E-state index is 12.4. The fraction of sp³-hybridized carbons (Fsp3) is 0.316. The van der Waals surface area contributed by atoms with Crippen molar-refractivity contribution in [2.45, 2.75) is 38.7 Å². The van der Waals surface area contributed by atoms with Gasteiger partial charge in [-0.2, -0.15) is 0 Å². The van der Waals surface area contributed by atoms with Crippen LogP contribution in [0.15, 0.2) is 36.4 Å². The zero-order valence-electron chi connectivity index (χ0n) is 13.4. The lowest BCUT2D eigenvalue weighted by molar-refractivity contribution is -0.122. The normalized spacial score (nSPS) is 14.6. The highest BCUT2D eigenvalue weighted by molar-refractivity contribution is 6.44. The van der Waals surface area contributed by atoms with Gasteiger partial charge in [-0.25, -0.2) is 0 Å². The molecule has 1 aliphatic rings. The number of nitrogens with one attached hydrogen (secondary N) is 1. The summed E-state index contributed by atoms with van der Waals surface area (Å²) in [4.78, 5) is 12.4. The van der Waals surface area contributed by atoms with Crippen molar-refractivity contribution >= 4 is 34.8 Å². The van der Waals surface area contributed by atoms with Crippen molar-refractivity contribution in [3.05, 3.63) is 57.6 Å². The third-order valence-corrected chi connectivity index (χ3v) is 5.05. The molecule has 2 aromatic carbocycles. The molecule has 0 spiro atoms. The van der Waals surface area contributed by atoms with Gasteiger partial charge in [0.2, 0.25) is 0 Å². The number of carbonyl (C=O) groups is 1. The van der Waals surface area contributed by atoms with Crippen LogP contribution in [0.4, 0.5) is 5.69 Å². The first-order valence-corrected chi connectivity index (χ1v) is 8.84. The van der Waals surface area contributed by atoms with Crippen LogP contribution in [0.5, 0.6) is 5.75 Å². The predicted molar refractivity (Wildman–Crippen MR) is 98.3 cm³/mol. The molecule has 0 aromatic heterocycles. The molecule has 3 rings (SSSR count). The Kier molecular flexibility index (Phi) is 5.32. The van der Waals surface area contributed by atoms with E-state index in [1.165, 1.54) is 17.5 Å². The molecule has 0 radical (unpaired) electrons. The zero-order chi connectivity index (χ0) is 17.1. The summed E-state index contributed by atoms with van der Waals surface area (Å²) < 4.78 is 5.93. The number of ether oxygens (including phenoxy) is 1. The molecule has 3 nitrogen and oxygen atoms in total. The molecule has 126 valence electrons. The summed E-state index contributed by atoms with van der Waals surface area (Å²) in [6.07, 6.45) is 3.81. The Balaban J connectivity index is 1.72. The van der Waals surface area contributed by atoms with E-state index in [1.54, 1.807) is 25.1 Å². The smallest absolute Gasteiger partial charge is 0.265 e. The lowest BCUT2D eigenvalue weighted by Gasteiger charge is -2.22. The predicted octanol–water partition coefficient (Wildman–Crippen LogP) is 5.28. The fourth-order valence-corrected chi connectivity index (χ4v) is 3.28. The molecule has 0 saturated carbocycles. The maximum Gasteiger partial charge on any atom is 0.265 e. The molecule has 1 amide bonds. The number of aryl methyl sites for hydroxylation is 1. The van der Waals surface area contributed by atoms with Gasteiger partial charge >= 0.3 is 0 Å². The van der Waals surface area contributed by atoms with Crippen LogP contribution in [0.25, 0.3) is 0 Å². The summed E-state index contributed by atoms with van der Waals surface area (Å²) in [5.41, 5.74) is 3.04. The first-order valence-electron chi connectivity index (χ1n) is 8.08. The summed E-state index contributed by atoms with van der Waals surface area (Å²) in [6.45, 7) is 1.73. The first-order chi connectivity index (χ1) is 11.6. The van der Waals surface area contributed by atoms with Gasteiger partial charge < -0.3 is 10.1 Å². The van der Waals surface area contributed by atoms with Crippen molar-refractivity contribution in [3.8, 4) is 5.75 Å². The molecule has 1 N–H and O–H groups in total. The van der Waals surface area contributed by atoms with Gasteiger partial charge in [-0.3, -0.25) is 4.79 Å². The van der Waals surface area contributed by atoms with Crippen LogP contribution in [0, 0.1) is 0 Å². The molecule has 0 aliphatic heterocycles. The van der Waals surface area contributed by atoms with Crippen molar-refractivity contribution < 1.29 is 9.53 Å². The number of hydrogen-bond acceptors (Lipinski definition) is 2. The second kappa shape index (κ2) is 7.45. The number of fused-ring (bicyclic) bond motifs is 1. The van der Waals surface area contributed by atoms with Gasteiger partial charge in [-0.05, 0) is 61.9 Å². The second-order valence-corrected chi connectivity index (χ2v) is 6.74. The average molecular weight is 364 g/mol. The van der Waals surface area contributed by atoms with E-state index >= 15 is 0 Å². The molecule has 0 unspecified atom stereocenters. The van der Waals surface area contributed by atoms with Crippen molar-refractivity contribution in [1.82, 2.24) is 0 Å². The summed E-state index contributed by atoms with van der Waals surface area (Å²) in [5, 5.41) is 3.50. The maximum atomic E-state index is 12.4. The molecule has 2 aromatic rings. The Hall–Kier alpha value is -1.71. The molecular weight excluding hydrogens is 345 g/mol. The lowest BCUT2D eigenvalue weighted by atomic mass is 9.91. The quantitative estimate of drug-likeness (QED) is 0.802. The van der Waals surface area contributed by atoms with E-state index in [-0.39, 0.29) is 5.91 Å². The topological polar surface area (TPSA) is 38.3 Å². The van der Waals surface area contributed by atoms with E-state index in [0.29, 0.717) is 15.7 Å². The van der Waals surface area contributed by atoms with Crippen molar-refractivity contribution in [1.29, 1.82) is 0 Å². The van der Waals surface area contributed by atoms with Gasteiger partial charge in [0.05, 0.1) is 15.7 Å². The van der Waals surface area contributed by atoms with E-state index in [1.807, 2.05) is 12.1 Å². The molecule has 1 aliphatic carbocycles. The fourth-order valence-electron chi connectivity index (χ4n) is 2.94. The third-order valence-electron chi connectivity index (χ3n) is 4.24. The molecule has 0 heterocycles. The number of amides is 1. The Morgan fingerprint density at radius 2 is 1.88 bits per heavy atom. The summed E-state index contributed by atoms with van der Waals surface area (Å²) >= 11 is 12.1. The van der Waals surface area contributed by atoms with Crippen LogP contribution >= 0.6 is 23.2 Å². The Bertz CT molecular complexity index is 761. The van der Waals surface area contributed by atoms with Crippen LogP contribution in [0.2, 0.25) is 10.0 Å². The summed E-state index contributed by atoms with van der Waals surface area (Å²) in [7, 11) is 0. The number of carbonyl (C=O) groups excluding carboxylic acids is 1. The van der Waals surface area contributed by atoms with E-state index < -0.39 is 6.10 Å². The van der Waals surface area contributed by atoms with E-state index in [2.05, 4.69) is 11.4 Å². The SMILES string of the molecule is C[C@H](Oc1cccc2c1CCCC2)C(=O)Nc1cccc(Cl)c1Cl. The van der Waals surface area contributed by atoms with Crippen molar-refractivity contribution in [2.24, 2.45) is 0 Å². The standard InChI is InChI=1S/C19H19Cl2NO2/c1-12(19(23)22-16-10-5-9-15(20)18(16)21)24-17-11-4-7-13-6-2-3-8-14(13)17/h4-5,7,9-12H,2-3,6,8H2,1H3,(H,22,23)/t12-/m0/s1. The molecule has 0 fully saturated rings. The van der Waals surface area contributed by atoms with E-state index in [4.69, 9.17) is 27.9 Å². The van der Waals surface area contributed by atoms with Gasteiger partial charge in [0.25, 0.3) is 5.91 Å². The zero-order valence-corrected chi connectivity index (χ0v) is 15.0. The summed E-state index contributed by atoms with van der Waals surface area (Å²) in [6, 6.07) is 11.2. The van der Waals surface area contributed by atoms with Gasteiger partial charge in [0.15, 0.2) is 6.10 Å². The summed E-state index contributed by atoms with van der Waals surface area (Å²) in [5.74, 6) is 0.541. The van der Waals surface area contributed by atoms with Crippen LogP contribution in [0.3, 0.4) is 0 Å². The first kappa shape index (κ1) is 17.1. The highest BCUT2D eigenvalue weighted by atomic mass is 35.5. The molecule has 0 bridgehead atoms. The largest absolute Gasteiger partial charge is 0.481 e. The number of hydrogen-bond donors (Lipinski definition) is 1. The minimum atomic E-state index is -0.631. The number of halogens is 2. The number of benzene rings is 2. The Morgan fingerprint density at radius 3 is 2.71 bits per heavy atom. The molecular formula is C19H19Cl2NO2. The molecule has 24 heavy (non-hydrogen) atoms. The average Bonchev–Trinajstić information content (AvgIpc) is 2.59. The van der Waals surface area contributed by atoms with Gasteiger partial charge in [-0.15, -0.1) is 0 Å². The van der Waals surface area contributed by atoms with Crippen LogP contribution in [-0.2, 0) is 17.6 Å². The lowest BCUT2D eigenvalue weighted by Crippen LogP contribution is -2.30. The van der Waals surface area contributed by atoms with Crippen LogP contribution < -0.4 is 10.1 Å². The Morgan fingerprint density at radius 1 is 1.12 bits per heavy atom. The number of anilines is 1. The Labute approximate surface area is 151 Å². The third kappa shape index (κ3) is 3.68. The van der Waals surface area contributed by atoms with Gasteiger partial charge in [0.1, 0.15) is 5.75 Å². The van der Waals surface area contributed by atoms with Crippen LogP contribution in [0.1, 0.15) is 30.9 Å². The second-order valence-electron chi connectivity index (χ2n) is 5.95. The number of rotatable bonds is 4. The molecule has 1 atom stereocenters. The minimum absolute atomic E-state index is 0.257. The molecule has 5 heteroatoms. The minimum Gasteiger partial charge on any atom is -0.481 e. The molecule has 0 saturated heterocycles.